The lowest BCUT2D eigenvalue weighted by molar-refractivity contribution is 0.670. The predicted octanol–water partition coefficient (Wildman–Crippen LogP) is 2.38. The van der Waals surface area contributed by atoms with Crippen LogP contribution in [-0.4, -0.2) is 19.7 Å². The Balaban J connectivity index is 2.32. The van der Waals surface area contributed by atoms with Crippen molar-refractivity contribution in [3.63, 3.8) is 0 Å². The summed E-state index contributed by atoms with van der Waals surface area (Å²) in [6.07, 6.45) is 3.59. The van der Waals surface area contributed by atoms with Crippen molar-refractivity contribution in [3.8, 4) is 0 Å². The standard InChI is InChI=1S/C12H17N5S/c1-7(2)10-9(13)11(17(4)16-10)18-12-14-5-8(3)6-15-12/h5-7H,13H2,1-4H3. The van der Waals surface area contributed by atoms with Crippen molar-refractivity contribution in [1.82, 2.24) is 19.7 Å². The quantitative estimate of drug-likeness (QED) is 0.861. The van der Waals surface area contributed by atoms with E-state index in [1.54, 1.807) is 17.1 Å². The fourth-order valence-electron chi connectivity index (χ4n) is 1.61. The fourth-order valence-corrected chi connectivity index (χ4v) is 2.38. The van der Waals surface area contributed by atoms with E-state index in [9.17, 15) is 0 Å². The number of anilines is 1. The smallest absolute Gasteiger partial charge is 0.193 e. The number of rotatable bonds is 3. The molecule has 0 unspecified atom stereocenters. The van der Waals surface area contributed by atoms with Gasteiger partial charge in [-0.3, -0.25) is 4.68 Å². The lowest BCUT2D eigenvalue weighted by Gasteiger charge is -2.02. The topological polar surface area (TPSA) is 69.6 Å². The van der Waals surface area contributed by atoms with Crippen LogP contribution in [0.5, 0.6) is 0 Å². The summed E-state index contributed by atoms with van der Waals surface area (Å²) in [6.45, 7) is 6.12. The molecule has 0 aromatic carbocycles. The maximum Gasteiger partial charge on any atom is 0.193 e. The molecule has 0 saturated heterocycles. The molecular weight excluding hydrogens is 246 g/mol. The number of hydrogen-bond acceptors (Lipinski definition) is 5. The maximum absolute atomic E-state index is 6.12. The summed E-state index contributed by atoms with van der Waals surface area (Å²) in [5.74, 6) is 0.310. The summed E-state index contributed by atoms with van der Waals surface area (Å²) in [7, 11) is 1.89. The summed E-state index contributed by atoms with van der Waals surface area (Å²) in [4.78, 5) is 8.53. The van der Waals surface area contributed by atoms with Crippen LogP contribution in [0.3, 0.4) is 0 Å². The highest BCUT2D eigenvalue weighted by molar-refractivity contribution is 7.99. The van der Waals surface area contributed by atoms with E-state index < -0.39 is 0 Å². The van der Waals surface area contributed by atoms with Crippen molar-refractivity contribution < 1.29 is 0 Å². The SMILES string of the molecule is Cc1cnc(Sc2c(N)c(C(C)C)nn2C)nc1. The summed E-state index contributed by atoms with van der Waals surface area (Å²) in [5, 5.41) is 6.02. The van der Waals surface area contributed by atoms with E-state index in [0.717, 1.165) is 22.0 Å². The molecule has 0 atom stereocenters. The third-order valence-electron chi connectivity index (χ3n) is 2.55. The van der Waals surface area contributed by atoms with Gasteiger partial charge in [-0.2, -0.15) is 5.10 Å². The van der Waals surface area contributed by atoms with Crippen LogP contribution >= 0.6 is 11.8 Å². The largest absolute Gasteiger partial charge is 0.395 e. The van der Waals surface area contributed by atoms with Crippen LogP contribution < -0.4 is 5.73 Å². The van der Waals surface area contributed by atoms with Gasteiger partial charge in [0.25, 0.3) is 0 Å². The lowest BCUT2D eigenvalue weighted by Crippen LogP contribution is -1.95. The molecule has 2 aromatic rings. The maximum atomic E-state index is 6.12. The van der Waals surface area contributed by atoms with E-state index in [2.05, 4.69) is 28.9 Å². The molecule has 96 valence electrons. The zero-order chi connectivity index (χ0) is 13.3. The highest BCUT2D eigenvalue weighted by Crippen LogP contribution is 2.33. The molecule has 0 aliphatic carbocycles. The minimum atomic E-state index is 0.310. The van der Waals surface area contributed by atoms with Crippen LogP contribution in [0.25, 0.3) is 0 Å². The number of aromatic nitrogens is 4. The van der Waals surface area contributed by atoms with Crippen LogP contribution in [0.4, 0.5) is 5.69 Å². The average Bonchev–Trinajstić information content (AvgIpc) is 2.60. The monoisotopic (exact) mass is 263 g/mol. The van der Waals surface area contributed by atoms with E-state index in [1.165, 1.54) is 11.8 Å². The second kappa shape index (κ2) is 4.97. The Bertz CT molecular complexity index is 544. The van der Waals surface area contributed by atoms with E-state index >= 15 is 0 Å². The van der Waals surface area contributed by atoms with E-state index in [0.29, 0.717) is 11.1 Å². The van der Waals surface area contributed by atoms with Crippen molar-refractivity contribution in [1.29, 1.82) is 0 Å². The Morgan fingerprint density at radius 2 is 1.89 bits per heavy atom. The zero-order valence-electron chi connectivity index (χ0n) is 11.0. The van der Waals surface area contributed by atoms with Gasteiger partial charge in [-0.15, -0.1) is 0 Å². The van der Waals surface area contributed by atoms with Crippen LogP contribution in [0.1, 0.15) is 31.0 Å². The average molecular weight is 263 g/mol. The van der Waals surface area contributed by atoms with Crippen molar-refractivity contribution in [2.24, 2.45) is 7.05 Å². The summed E-state index contributed by atoms with van der Waals surface area (Å²) < 4.78 is 1.79. The van der Waals surface area contributed by atoms with Crippen LogP contribution in [0.15, 0.2) is 22.6 Å². The number of nitrogens with zero attached hydrogens (tertiary/aromatic N) is 4. The molecular formula is C12H17N5S. The van der Waals surface area contributed by atoms with Crippen molar-refractivity contribution in [2.75, 3.05) is 5.73 Å². The first kappa shape index (κ1) is 12.9. The molecule has 2 rings (SSSR count). The molecule has 0 amide bonds. The Kier molecular flexibility index (Phi) is 3.56. The number of aryl methyl sites for hydroxylation is 2. The van der Waals surface area contributed by atoms with Gasteiger partial charge in [-0.1, -0.05) is 13.8 Å². The fraction of sp³-hybridized carbons (Fsp3) is 0.417. The molecule has 0 fully saturated rings. The first-order valence-electron chi connectivity index (χ1n) is 5.78. The Morgan fingerprint density at radius 3 is 2.39 bits per heavy atom. The zero-order valence-corrected chi connectivity index (χ0v) is 11.8. The summed E-state index contributed by atoms with van der Waals surface area (Å²) >= 11 is 1.44. The van der Waals surface area contributed by atoms with Gasteiger partial charge in [-0.25, -0.2) is 9.97 Å². The Hall–Kier alpha value is -1.56. The van der Waals surface area contributed by atoms with Crippen LogP contribution in [-0.2, 0) is 7.05 Å². The van der Waals surface area contributed by atoms with Gasteiger partial charge < -0.3 is 5.73 Å². The van der Waals surface area contributed by atoms with Gasteiger partial charge in [0.05, 0.1) is 11.4 Å². The number of nitrogen functional groups attached to an aromatic ring is 1. The Labute approximate surface area is 111 Å². The van der Waals surface area contributed by atoms with Crippen molar-refractivity contribution in [3.05, 3.63) is 23.7 Å². The third kappa shape index (κ3) is 2.48. The van der Waals surface area contributed by atoms with Crippen molar-refractivity contribution >= 4 is 17.4 Å². The van der Waals surface area contributed by atoms with E-state index in [-0.39, 0.29) is 0 Å². The third-order valence-corrected chi connectivity index (χ3v) is 3.62. The molecule has 0 radical (unpaired) electrons. The van der Waals surface area contributed by atoms with E-state index in [4.69, 9.17) is 5.73 Å². The van der Waals surface area contributed by atoms with Gasteiger partial charge in [-0.05, 0) is 30.2 Å². The molecule has 0 aliphatic rings. The summed E-state index contributed by atoms with van der Waals surface area (Å²) in [5.41, 5.74) is 8.81. The minimum Gasteiger partial charge on any atom is -0.395 e. The highest BCUT2D eigenvalue weighted by atomic mass is 32.2. The molecule has 2 heterocycles. The van der Waals surface area contributed by atoms with Gasteiger partial charge in [0, 0.05) is 19.4 Å². The van der Waals surface area contributed by atoms with Gasteiger partial charge >= 0.3 is 0 Å². The molecule has 2 aromatic heterocycles. The molecule has 5 nitrogen and oxygen atoms in total. The van der Waals surface area contributed by atoms with Crippen LogP contribution in [0.2, 0.25) is 0 Å². The molecule has 0 saturated carbocycles. The van der Waals surface area contributed by atoms with E-state index in [1.807, 2.05) is 14.0 Å². The normalized spacial score (nSPS) is 11.2. The van der Waals surface area contributed by atoms with Gasteiger partial charge in [0.1, 0.15) is 5.03 Å². The predicted molar refractivity (Wildman–Crippen MR) is 72.6 cm³/mol. The summed E-state index contributed by atoms with van der Waals surface area (Å²) in [6, 6.07) is 0. The molecule has 0 spiro atoms. The van der Waals surface area contributed by atoms with Crippen molar-refractivity contribution in [2.45, 2.75) is 36.9 Å². The minimum absolute atomic E-state index is 0.310. The second-order valence-electron chi connectivity index (χ2n) is 4.53. The second-order valence-corrected chi connectivity index (χ2v) is 5.48. The first-order valence-corrected chi connectivity index (χ1v) is 6.59. The number of hydrogen-bond donors (Lipinski definition) is 1. The molecule has 18 heavy (non-hydrogen) atoms. The van der Waals surface area contributed by atoms with Gasteiger partial charge in [0.2, 0.25) is 0 Å². The molecule has 2 N–H and O–H groups in total. The molecule has 0 bridgehead atoms. The highest BCUT2D eigenvalue weighted by Gasteiger charge is 2.17. The molecule has 0 aliphatic heterocycles. The Morgan fingerprint density at radius 1 is 1.28 bits per heavy atom. The van der Waals surface area contributed by atoms with Crippen LogP contribution in [0, 0.1) is 6.92 Å². The van der Waals surface area contributed by atoms with Gasteiger partial charge in [0.15, 0.2) is 5.16 Å². The molecule has 6 heteroatoms. The lowest BCUT2D eigenvalue weighted by atomic mass is 10.1. The first-order chi connectivity index (χ1) is 8.49. The number of nitrogens with two attached hydrogens (primary N) is 1.